The molecular formula is C25H28N2O. The van der Waals surface area contributed by atoms with Gasteiger partial charge >= 0.3 is 0 Å². The molecule has 0 aliphatic heterocycles. The number of phenols is 1. The first kappa shape index (κ1) is 19.7. The van der Waals surface area contributed by atoms with Crippen molar-refractivity contribution in [3.63, 3.8) is 0 Å². The number of anilines is 1. The van der Waals surface area contributed by atoms with Crippen LogP contribution in [0.15, 0.2) is 53.5 Å². The lowest BCUT2D eigenvalue weighted by atomic mass is 9.96. The Morgan fingerprint density at radius 3 is 1.89 bits per heavy atom. The van der Waals surface area contributed by atoms with Gasteiger partial charge in [-0.15, -0.1) is 0 Å². The molecule has 3 aromatic rings. The maximum absolute atomic E-state index is 10.1. The number of aromatic hydroxyl groups is 1. The van der Waals surface area contributed by atoms with Gasteiger partial charge in [-0.1, -0.05) is 36.4 Å². The fourth-order valence-electron chi connectivity index (χ4n) is 3.73. The Balaban J connectivity index is 1.93. The van der Waals surface area contributed by atoms with Gasteiger partial charge in [0.15, 0.2) is 0 Å². The molecule has 0 saturated heterocycles. The Hall–Kier alpha value is -3.07. The molecular weight excluding hydrogens is 344 g/mol. The van der Waals surface area contributed by atoms with E-state index < -0.39 is 0 Å². The smallest absolute Gasteiger partial charge is 0.124 e. The van der Waals surface area contributed by atoms with Crippen LogP contribution in [0.5, 0.6) is 5.75 Å². The highest BCUT2D eigenvalue weighted by molar-refractivity contribution is 6.02. The minimum atomic E-state index is 0.254. The minimum absolute atomic E-state index is 0.254. The van der Waals surface area contributed by atoms with Crippen LogP contribution in [0.2, 0.25) is 0 Å². The maximum Gasteiger partial charge on any atom is 0.124 e. The number of para-hydroxylation sites is 1. The van der Waals surface area contributed by atoms with Gasteiger partial charge in [0.25, 0.3) is 0 Å². The molecule has 0 atom stereocenters. The lowest BCUT2D eigenvalue weighted by Crippen LogP contribution is -1.99. The summed E-state index contributed by atoms with van der Waals surface area (Å²) in [4.78, 5) is 4.82. The van der Waals surface area contributed by atoms with E-state index in [0.717, 1.165) is 51.3 Å². The second kappa shape index (κ2) is 7.89. The summed E-state index contributed by atoms with van der Waals surface area (Å²) < 4.78 is 0. The Morgan fingerprint density at radius 1 is 0.857 bits per heavy atom. The van der Waals surface area contributed by atoms with Crippen LogP contribution in [0, 0.1) is 27.7 Å². The van der Waals surface area contributed by atoms with Gasteiger partial charge in [0.1, 0.15) is 5.75 Å². The monoisotopic (exact) mass is 372 g/mol. The van der Waals surface area contributed by atoms with E-state index in [1.54, 1.807) is 6.07 Å². The highest BCUT2D eigenvalue weighted by Crippen LogP contribution is 2.29. The molecule has 0 amide bonds. The number of aryl methyl sites for hydroxylation is 4. The fraction of sp³-hybridized carbons (Fsp3) is 0.240. The zero-order valence-corrected chi connectivity index (χ0v) is 17.3. The summed E-state index contributed by atoms with van der Waals surface area (Å²) in [6.07, 6.45) is 0.867. The van der Waals surface area contributed by atoms with E-state index in [2.05, 4.69) is 52.0 Å². The van der Waals surface area contributed by atoms with Crippen molar-refractivity contribution in [2.75, 3.05) is 5.73 Å². The molecule has 3 aromatic carbocycles. The van der Waals surface area contributed by atoms with Gasteiger partial charge < -0.3 is 10.8 Å². The summed E-state index contributed by atoms with van der Waals surface area (Å²) in [6, 6.07) is 16.0. The Bertz CT molecular complexity index is 1020. The number of phenolic OH excluding ortho intramolecular Hbond substituents is 1. The van der Waals surface area contributed by atoms with Crippen LogP contribution in [0.4, 0.5) is 11.4 Å². The molecule has 0 bridgehead atoms. The van der Waals surface area contributed by atoms with Gasteiger partial charge in [-0.05, 0) is 86.6 Å². The molecule has 0 aromatic heterocycles. The molecule has 0 saturated carbocycles. The highest BCUT2D eigenvalue weighted by atomic mass is 16.3. The van der Waals surface area contributed by atoms with Crippen LogP contribution in [0.3, 0.4) is 0 Å². The Kier molecular flexibility index (Phi) is 5.55. The highest BCUT2D eigenvalue weighted by Gasteiger charge is 2.09. The zero-order valence-electron chi connectivity index (χ0n) is 17.3. The van der Waals surface area contributed by atoms with Crippen LogP contribution in [0.25, 0.3) is 0 Å². The van der Waals surface area contributed by atoms with Gasteiger partial charge in [0, 0.05) is 17.0 Å². The lowest BCUT2D eigenvalue weighted by Gasteiger charge is -2.13. The standard InChI is InChI=1S/C25H28N2O/c1-15-10-20(11-16(2)24(15)26)14-21-12-17(3)25(18(4)13-21)27-19(5)22-8-6-7-9-23(22)28/h6-13,28H,14,26H2,1-5H3. The van der Waals surface area contributed by atoms with E-state index in [-0.39, 0.29) is 5.75 Å². The molecule has 3 N–H and O–H groups in total. The maximum atomic E-state index is 10.1. The van der Waals surface area contributed by atoms with Crippen molar-refractivity contribution >= 4 is 17.1 Å². The van der Waals surface area contributed by atoms with Gasteiger partial charge in [-0.3, -0.25) is 4.99 Å². The van der Waals surface area contributed by atoms with Crippen LogP contribution in [0.1, 0.15) is 45.9 Å². The quantitative estimate of drug-likeness (QED) is 0.440. The third-order valence-corrected chi connectivity index (χ3v) is 5.19. The molecule has 144 valence electrons. The second-order valence-electron chi connectivity index (χ2n) is 7.61. The third-order valence-electron chi connectivity index (χ3n) is 5.19. The van der Waals surface area contributed by atoms with Crippen LogP contribution in [-0.4, -0.2) is 10.8 Å². The van der Waals surface area contributed by atoms with Crippen molar-refractivity contribution in [3.8, 4) is 5.75 Å². The topological polar surface area (TPSA) is 58.6 Å². The van der Waals surface area contributed by atoms with E-state index in [1.807, 2.05) is 25.1 Å². The van der Waals surface area contributed by atoms with Gasteiger partial charge in [0.2, 0.25) is 0 Å². The Labute approximate surface area is 167 Å². The van der Waals surface area contributed by atoms with E-state index >= 15 is 0 Å². The fourth-order valence-corrected chi connectivity index (χ4v) is 3.73. The predicted octanol–water partition coefficient (Wildman–Crippen LogP) is 5.94. The third kappa shape index (κ3) is 4.09. The average Bonchev–Trinajstić information content (AvgIpc) is 2.63. The SMILES string of the molecule is CC(=Nc1c(C)cc(Cc2cc(C)c(N)c(C)c2)cc1C)c1ccccc1O. The number of aliphatic imine (C=N–C) groups is 1. The first-order chi connectivity index (χ1) is 13.3. The molecule has 0 spiro atoms. The summed E-state index contributed by atoms with van der Waals surface area (Å²) in [5, 5.41) is 10.1. The molecule has 0 heterocycles. The molecule has 0 aliphatic rings. The van der Waals surface area contributed by atoms with Crippen molar-refractivity contribution in [3.05, 3.63) is 87.5 Å². The van der Waals surface area contributed by atoms with Crippen molar-refractivity contribution in [2.24, 2.45) is 4.99 Å². The van der Waals surface area contributed by atoms with Crippen molar-refractivity contribution in [2.45, 2.75) is 41.0 Å². The van der Waals surface area contributed by atoms with Gasteiger partial charge in [0.05, 0.1) is 5.69 Å². The lowest BCUT2D eigenvalue weighted by molar-refractivity contribution is 0.474. The van der Waals surface area contributed by atoms with Crippen molar-refractivity contribution in [1.29, 1.82) is 0 Å². The summed E-state index contributed by atoms with van der Waals surface area (Å²) >= 11 is 0. The summed E-state index contributed by atoms with van der Waals surface area (Å²) in [5.74, 6) is 0.254. The van der Waals surface area contributed by atoms with E-state index in [9.17, 15) is 5.11 Å². The Morgan fingerprint density at radius 2 is 1.36 bits per heavy atom. The predicted molar refractivity (Wildman–Crippen MR) is 119 cm³/mol. The van der Waals surface area contributed by atoms with Gasteiger partial charge in [-0.25, -0.2) is 0 Å². The summed E-state index contributed by atoms with van der Waals surface area (Å²) in [6.45, 7) is 10.2. The number of nitrogens with two attached hydrogens (primary N) is 1. The number of nitrogen functional groups attached to an aromatic ring is 1. The van der Waals surface area contributed by atoms with Crippen LogP contribution >= 0.6 is 0 Å². The van der Waals surface area contributed by atoms with Crippen LogP contribution in [-0.2, 0) is 6.42 Å². The van der Waals surface area contributed by atoms with E-state index in [1.165, 1.54) is 11.1 Å². The van der Waals surface area contributed by atoms with Crippen molar-refractivity contribution in [1.82, 2.24) is 0 Å². The van der Waals surface area contributed by atoms with Gasteiger partial charge in [-0.2, -0.15) is 0 Å². The molecule has 0 unspecified atom stereocenters. The zero-order chi connectivity index (χ0) is 20.4. The van der Waals surface area contributed by atoms with Crippen LogP contribution < -0.4 is 5.73 Å². The largest absolute Gasteiger partial charge is 0.507 e. The first-order valence-corrected chi connectivity index (χ1v) is 9.55. The van der Waals surface area contributed by atoms with Crippen molar-refractivity contribution < 1.29 is 5.11 Å². The summed E-state index contributed by atoms with van der Waals surface area (Å²) in [5.41, 5.74) is 16.5. The second-order valence-corrected chi connectivity index (χ2v) is 7.61. The number of hydrogen-bond acceptors (Lipinski definition) is 3. The summed E-state index contributed by atoms with van der Waals surface area (Å²) in [7, 11) is 0. The number of benzene rings is 3. The number of hydrogen-bond donors (Lipinski definition) is 2. The normalized spacial score (nSPS) is 11.7. The molecule has 0 radical (unpaired) electrons. The number of rotatable bonds is 4. The average molecular weight is 373 g/mol. The molecule has 0 aliphatic carbocycles. The molecule has 3 rings (SSSR count). The van der Waals surface area contributed by atoms with E-state index in [0.29, 0.717) is 0 Å². The molecule has 3 nitrogen and oxygen atoms in total. The molecule has 3 heteroatoms. The first-order valence-electron chi connectivity index (χ1n) is 9.55. The molecule has 28 heavy (non-hydrogen) atoms. The minimum Gasteiger partial charge on any atom is -0.507 e. The number of nitrogens with zero attached hydrogens (tertiary/aromatic N) is 1. The molecule has 0 fully saturated rings. The van der Waals surface area contributed by atoms with E-state index in [4.69, 9.17) is 10.7 Å².